The smallest absolute Gasteiger partial charge is 0.251 e. The Morgan fingerprint density at radius 1 is 1.10 bits per heavy atom. The maximum absolute atomic E-state index is 12.5. The normalized spacial score (nSPS) is 11.9. The minimum absolute atomic E-state index is 0.169. The van der Waals surface area contributed by atoms with Crippen LogP contribution >= 0.6 is 0 Å². The lowest BCUT2D eigenvalue weighted by Crippen LogP contribution is -2.33. The molecule has 0 aliphatic carbocycles. The van der Waals surface area contributed by atoms with Crippen LogP contribution in [0.2, 0.25) is 0 Å². The molecule has 0 aliphatic rings. The second-order valence-electron chi connectivity index (χ2n) is 7.46. The molecule has 0 saturated heterocycles. The SMILES string of the molecule is C[C@H](CNC(=O)c1ccc2oc(CCCc3ccccc3)nc2c1)Oc1cccnc1. The number of nitrogens with one attached hydrogen (secondary N) is 1. The maximum atomic E-state index is 12.5. The highest BCUT2D eigenvalue weighted by molar-refractivity contribution is 5.97. The van der Waals surface area contributed by atoms with Gasteiger partial charge in [0.1, 0.15) is 17.4 Å². The van der Waals surface area contributed by atoms with Crippen molar-refractivity contribution in [3.8, 4) is 5.75 Å². The lowest BCUT2D eigenvalue weighted by Gasteiger charge is -2.15. The Balaban J connectivity index is 1.31. The second-order valence-corrected chi connectivity index (χ2v) is 7.46. The van der Waals surface area contributed by atoms with E-state index in [1.54, 1.807) is 30.6 Å². The van der Waals surface area contributed by atoms with Gasteiger partial charge in [-0.15, -0.1) is 0 Å². The van der Waals surface area contributed by atoms with E-state index in [4.69, 9.17) is 9.15 Å². The lowest BCUT2D eigenvalue weighted by molar-refractivity contribution is 0.0932. The van der Waals surface area contributed by atoms with E-state index in [1.807, 2.05) is 37.3 Å². The standard InChI is InChI=1S/C25H25N3O3/c1-18(30-21-10-6-14-26-17-21)16-27-25(29)20-12-13-23-22(15-20)28-24(31-23)11-5-9-19-7-3-2-4-8-19/h2-4,6-8,10,12-15,17-18H,5,9,11,16H2,1H3,(H,27,29)/t18-/m1/s1. The summed E-state index contributed by atoms with van der Waals surface area (Å²) >= 11 is 0. The molecule has 2 aromatic heterocycles. The van der Waals surface area contributed by atoms with Gasteiger partial charge in [0.15, 0.2) is 11.5 Å². The predicted octanol–water partition coefficient (Wildman–Crippen LogP) is 4.60. The van der Waals surface area contributed by atoms with Gasteiger partial charge in [-0.2, -0.15) is 0 Å². The van der Waals surface area contributed by atoms with Crippen molar-refractivity contribution in [2.45, 2.75) is 32.3 Å². The molecule has 1 amide bonds. The first kappa shape index (κ1) is 20.6. The number of nitrogens with zero attached hydrogens (tertiary/aromatic N) is 2. The van der Waals surface area contributed by atoms with Crippen molar-refractivity contribution in [1.82, 2.24) is 15.3 Å². The van der Waals surface area contributed by atoms with Gasteiger partial charge in [0.05, 0.1) is 12.7 Å². The summed E-state index contributed by atoms with van der Waals surface area (Å²) in [6, 6.07) is 19.3. The van der Waals surface area contributed by atoms with E-state index in [1.165, 1.54) is 5.56 Å². The molecule has 1 atom stereocenters. The van der Waals surface area contributed by atoms with E-state index in [0.717, 1.165) is 19.3 Å². The number of hydrogen-bond acceptors (Lipinski definition) is 5. The van der Waals surface area contributed by atoms with Gasteiger partial charge in [-0.3, -0.25) is 9.78 Å². The zero-order valence-corrected chi connectivity index (χ0v) is 17.5. The van der Waals surface area contributed by atoms with Gasteiger partial charge < -0.3 is 14.5 Å². The molecule has 6 nitrogen and oxygen atoms in total. The molecule has 158 valence electrons. The Kier molecular flexibility index (Phi) is 6.57. The number of rotatable bonds is 9. The number of carbonyl (C=O) groups is 1. The highest BCUT2D eigenvalue weighted by Gasteiger charge is 2.12. The summed E-state index contributed by atoms with van der Waals surface area (Å²) in [5, 5.41) is 2.90. The molecule has 0 saturated carbocycles. The third-order valence-corrected chi connectivity index (χ3v) is 4.91. The molecule has 0 fully saturated rings. The van der Waals surface area contributed by atoms with Crippen LogP contribution in [0.1, 0.15) is 35.2 Å². The predicted molar refractivity (Wildman–Crippen MR) is 119 cm³/mol. The molecule has 4 aromatic rings. The van der Waals surface area contributed by atoms with Gasteiger partial charge in [-0.25, -0.2) is 4.98 Å². The van der Waals surface area contributed by atoms with E-state index in [2.05, 4.69) is 27.4 Å². The van der Waals surface area contributed by atoms with Crippen LogP contribution < -0.4 is 10.1 Å². The molecule has 0 radical (unpaired) electrons. The summed E-state index contributed by atoms with van der Waals surface area (Å²) < 4.78 is 11.6. The number of amides is 1. The van der Waals surface area contributed by atoms with Crippen LogP contribution in [0.25, 0.3) is 11.1 Å². The number of fused-ring (bicyclic) bond motifs is 1. The lowest BCUT2D eigenvalue weighted by atomic mass is 10.1. The van der Waals surface area contributed by atoms with Gasteiger partial charge in [0.25, 0.3) is 5.91 Å². The molecular formula is C25H25N3O3. The summed E-state index contributed by atoms with van der Waals surface area (Å²) in [5.74, 6) is 1.20. The van der Waals surface area contributed by atoms with Crippen molar-refractivity contribution in [3.63, 3.8) is 0 Å². The Hall–Kier alpha value is -3.67. The second kappa shape index (κ2) is 9.89. The Bertz CT molecular complexity index is 1130. The van der Waals surface area contributed by atoms with Gasteiger partial charge in [-0.1, -0.05) is 30.3 Å². The highest BCUT2D eigenvalue weighted by Crippen LogP contribution is 2.19. The van der Waals surface area contributed by atoms with Crippen molar-refractivity contribution in [3.05, 3.63) is 90.1 Å². The molecule has 0 spiro atoms. The number of aryl methyl sites for hydroxylation is 2. The van der Waals surface area contributed by atoms with E-state index in [9.17, 15) is 4.79 Å². The minimum Gasteiger partial charge on any atom is -0.487 e. The molecular weight excluding hydrogens is 390 g/mol. The highest BCUT2D eigenvalue weighted by atomic mass is 16.5. The average molecular weight is 415 g/mol. The van der Waals surface area contributed by atoms with E-state index < -0.39 is 0 Å². The summed E-state index contributed by atoms with van der Waals surface area (Å²) in [4.78, 5) is 21.1. The van der Waals surface area contributed by atoms with E-state index in [0.29, 0.717) is 34.8 Å². The van der Waals surface area contributed by atoms with Crippen molar-refractivity contribution < 1.29 is 13.9 Å². The van der Waals surface area contributed by atoms with Crippen molar-refractivity contribution >= 4 is 17.0 Å². The van der Waals surface area contributed by atoms with Crippen LogP contribution in [0.4, 0.5) is 0 Å². The third kappa shape index (κ3) is 5.69. The fraction of sp³-hybridized carbons (Fsp3) is 0.240. The molecule has 1 N–H and O–H groups in total. The molecule has 0 bridgehead atoms. The average Bonchev–Trinajstić information content (AvgIpc) is 3.21. The van der Waals surface area contributed by atoms with E-state index >= 15 is 0 Å². The van der Waals surface area contributed by atoms with Crippen molar-refractivity contribution in [1.29, 1.82) is 0 Å². The van der Waals surface area contributed by atoms with Crippen LogP contribution in [0.5, 0.6) is 5.75 Å². The molecule has 2 aromatic carbocycles. The Morgan fingerprint density at radius 3 is 2.77 bits per heavy atom. The molecule has 0 unspecified atom stereocenters. The zero-order valence-electron chi connectivity index (χ0n) is 17.5. The maximum Gasteiger partial charge on any atom is 0.251 e. The third-order valence-electron chi connectivity index (χ3n) is 4.91. The van der Waals surface area contributed by atoms with Crippen molar-refractivity contribution in [2.24, 2.45) is 0 Å². The van der Waals surface area contributed by atoms with Gasteiger partial charge >= 0.3 is 0 Å². The first-order valence-corrected chi connectivity index (χ1v) is 10.5. The molecule has 6 heteroatoms. The van der Waals surface area contributed by atoms with Crippen LogP contribution in [-0.2, 0) is 12.8 Å². The van der Waals surface area contributed by atoms with Crippen LogP contribution in [-0.4, -0.2) is 28.5 Å². The number of oxazole rings is 1. The number of carbonyl (C=O) groups excluding carboxylic acids is 1. The number of hydrogen-bond donors (Lipinski definition) is 1. The largest absolute Gasteiger partial charge is 0.487 e. The fourth-order valence-corrected chi connectivity index (χ4v) is 3.34. The van der Waals surface area contributed by atoms with Crippen LogP contribution in [0.3, 0.4) is 0 Å². The fourth-order valence-electron chi connectivity index (χ4n) is 3.34. The zero-order chi connectivity index (χ0) is 21.5. The Labute approximate surface area is 181 Å². The van der Waals surface area contributed by atoms with Gasteiger partial charge in [0.2, 0.25) is 0 Å². The van der Waals surface area contributed by atoms with Crippen molar-refractivity contribution in [2.75, 3.05) is 6.54 Å². The van der Waals surface area contributed by atoms with Crippen LogP contribution in [0, 0.1) is 0 Å². The molecule has 4 rings (SSSR count). The van der Waals surface area contributed by atoms with Gasteiger partial charge in [0, 0.05) is 18.2 Å². The summed E-state index contributed by atoms with van der Waals surface area (Å²) in [5.41, 5.74) is 3.24. The topological polar surface area (TPSA) is 77.2 Å². The summed E-state index contributed by atoms with van der Waals surface area (Å²) in [6.07, 6.45) is 5.85. The number of aromatic nitrogens is 2. The number of benzene rings is 2. The first-order chi connectivity index (χ1) is 15.2. The number of pyridine rings is 1. The number of ether oxygens (including phenoxy) is 1. The summed E-state index contributed by atoms with van der Waals surface area (Å²) in [7, 11) is 0. The Morgan fingerprint density at radius 2 is 1.97 bits per heavy atom. The monoisotopic (exact) mass is 415 g/mol. The molecule has 31 heavy (non-hydrogen) atoms. The van der Waals surface area contributed by atoms with Gasteiger partial charge in [-0.05, 0) is 55.7 Å². The quantitative estimate of drug-likeness (QED) is 0.432. The minimum atomic E-state index is -0.180. The molecule has 2 heterocycles. The van der Waals surface area contributed by atoms with Crippen LogP contribution in [0.15, 0.2) is 77.5 Å². The summed E-state index contributed by atoms with van der Waals surface area (Å²) in [6.45, 7) is 2.28. The first-order valence-electron chi connectivity index (χ1n) is 10.5. The van der Waals surface area contributed by atoms with E-state index in [-0.39, 0.29) is 12.0 Å². The molecule has 0 aliphatic heterocycles.